The Hall–Kier alpha value is -1.86. The van der Waals surface area contributed by atoms with E-state index in [1.807, 2.05) is 37.3 Å². The summed E-state index contributed by atoms with van der Waals surface area (Å²) < 4.78 is 13.3. The summed E-state index contributed by atoms with van der Waals surface area (Å²) in [6, 6.07) is 9.16. The molecule has 1 aromatic carbocycles. The van der Waals surface area contributed by atoms with Crippen molar-refractivity contribution in [2.24, 2.45) is 23.2 Å². The molecule has 0 aromatic heterocycles. The average molecular weight is 499 g/mol. The summed E-state index contributed by atoms with van der Waals surface area (Å²) in [6.45, 7) is 17.6. The average Bonchev–Trinajstić information content (AvgIpc) is 3.15. The summed E-state index contributed by atoms with van der Waals surface area (Å²) in [7, 11) is -0.515. The van der Waals surface area contributed by atoms with Gasteiger partial charge >= 0.3 is 7.12 Å². The molecule has 1 saturated heterocycles. The fourth-order valence-corrected chi connectivity index (χ4v) is 5.87. The maximum absolute atomic E-state index is 13.6. The fraction of sp³-hybridized carbons (Fsp3) is 0.724. The van der Waals surface area contributed by atoms with Gasteiger partial charge in [-0.2, -0.15) is 0 Å². The highest BCUT2D eigenvalue weighted by molar-refractivity contribution is 6.47. The topological polar surface area (TPSA) is 76.7 Å². The highest BCUT2D eigenvalue weighted by Gasteiger charge is 2.61. The van der Waals surface area contributed by atoms with Crippen molar-refractivity contribution >= 4 is 18.9 Å². The lowest BCUT2D eigenvalue weighted by Crippen LogP contribution is -2.57. The normalized spacial score (nSPS) is 28.9. The monoisotopic (exact) mass is 498 g/mol. The zero-order chi connectivity index (χ0) is 26.7. The van der Waals surface area contributed by atoms with E-state index in [-0.39, 0.29) is 29.3 Å². The molecular formula is C29H47BN2O4. The van der Waals surface area contributed by atoms with Crippen molar-refractivity contribution in [1.29, 1.82) is 0 Å². The molecule has 2 fully saturated rings. The van der Waals surface area contributed by atoms with Crippen molar-refractivity contribution in [1.82, 2.24) is 10.6 Å². The summed E-state index contributed by atoms with van der Waals surface area (Å²) in [5, 5.41) is 6.19. The van der Waals surface area contributed by atoms with Crippen LogP contribution in [0.3, 0.4) is 0 Å². The Bertz CT molecular complexity index is 893. The van der Waals surface area contributed by atoms with Crippen LogP contribution in [0.4, 0.5) is 0 Å². The molecule has 6 nitrogen and oxygen atoms in total. The van der Waals surface area contributed by atoms with Gasteiger partial charge in [-0.3, -0.25) is 9.59 Å². The van der Waals surface area contributed by atoms with Gasteiger partial charge in [0, 0.05) is 12.8 Å². The van der Waals surface area contributed by atoms with Gasteiger partial charge in [0.2, 0.25) is 11.8 Å². The Kier molecular flexibility index (Phi) is 9.32. The SMILES string of the molecule is CCCC(=O)N[C@@H](Cc1ccccc1)C(=O)N[C@@H](CC(C)C)B1O[C@@H]2C[C@H](C)C(C)(C)[C@H](C)[C@]2(C)O1. The molecule has 2 amide bonds. The molecule has 1 aliphatic carbocycles. The predicted octanol–water partition coefficient (Wildman–Crippen LogP) is 4.95. The number of hydrogen-bond donors (Lipinski definition) is 2. The van der Waals surface area contributed by atoms with E-state index in [2.05, 4.69) is 59.1 Å². The van der Waals surface area contributed by atoms with Crippen molar-refractivity contribution in [3.05, 3.63) is 35.9 Å². The van der Waals surface area contributed by atoms with Crippen molar-refractivity contribution in [2.75, 3.05) is 0 Å². The summed E-state index contributed by atoms with van der Waals surface area (Å²) >= 11 is 0. The van der Waals surface area contributed by atoms with Gasteiger partial charge in [-0.15, -0.1) is 0 Å². The van der Waals surface area contributed by atoms with E-state index in [0.29, 0.717) is 30.6 Å². The third-order valence-corrected chi connectivity index (χ3v) is 8.91. The third-order valence-electron chi connectivity index (χ3n) is 8.91. The lowest BCUT2D eigenvalue weighted by molar-refractivity contribution is -0.129. The van der Waals surface area contributed by atoms with Crippen molar-refractivity contribution in [3.63, 3.8) is 0 Å². The highest BCUT2D eigenvalue weighted by Crippen LogP contribution is 2.54. The van der Waals surface area contributed by atoms with Crippen LogP contribution >= 0.6 is 0 Å². The maximum Gasteiger partial charge on any atom is 0.481 e. The number of rotatable bonds is 10. The van der Waals surface area contributed by atoms with E-state index in [4.69, 9.17) is 9.31 Å². The molecule has 1 aromatic rings. The molecule has 0 spiro atoms. The van der Waals surface area contributed by atoms with E-state index in [1.54, 1.807) is 0 Å². The molecule has 1 heterocycles. The lowest BCUT2D eigenvalue weighted by atomic mass is 9.57. The van der Waals surface area contributed by atoms with Crippen molar-refractivity contribution in [3.8, 4) is 0 Å². The van der Waals surface area contributed by atoms with Crippen LogP contribution in [0.15, 0.2) is 30.3 Å². The Labute approximate surface area is 218 Å². The van der Waals surface area contributed by atoms with Gasteiger partial charge in [0.25, 0.3) is 0 Å². The zero-order valence-corrected chi connectivity index (χ0v) is 23.6. The number of amides is 2. The molecule has 1 saturated carbocycles. The van der Waals surface area contributed by atoms with Crippen molar-refractivity contribution < 1.29 is 18.9 Å². The zero-order valence-electron chi connectivity index (χ0n) is 23.6. The number of benzene rings is 1. The van der Waals surface area contributed by atoms with Crippen LogP contribution in [0.2, 0.25) is 0 Å². The molecule has 3 rings (SSSR count). The van der Waals surface area contributed by atoms with Gasteiger partial charge in [0.15, 0.2) is 0 Å². The Morgan fingerprint density at radius 2 is 1.78 bits per heavy atom. The van der Waals surface area contributed by atoms with Crippen LogP contribution in [0.1, 0.15) is 86.6 Å². The van der Waals surface area contributed by atoms with Gasteiger partial charge in [-0.05, 0) is 54.9 Å². The summed E-state index contributed by atoms with van der Waals surface area (Å²) in [4.78, 5) is 26.1. The van der Waals surface area contributed by atoms with E-state index in [0.717, 1.165) is 24.8 Å². The standard InChI is InChI=1S/C29H47BN2O4/c1-9-13-26(33)31-23(18-22-14-11-10-12-15-22)27(34)32-25(16-19(2)3)30-35-24-17-20(4)28(6,7)21(5)29(24,8)36-30/h10-12,14-15,19-21,23-25H,9,13,16-18H2,1-8H3,(H,31,33)(H,32,34)/t20-,21-,23-,24+,25-,29-/m0/s1. The number of fused-ring (bicyclic) bond motifs is 1. The predicted molar refractivity (Wildman–Crippen MR) is 145 cm³/mol. The van der Waals surface area contributed by atoms with E-state index in [9.17, 15) is 9.59 Å². The van der Waals surface area contributed by atoms with Crippen LogP contribution in [0.5, 0.6) is 0 Å². The van der Waals surface area contributed by atoms with Crippen LogP contribution < -0.4 is 10.6 Å². The highest BCUT2D eigenvalue weighted by atomic mass is 16.7. The minimum Gasteiger partial charge on any atom is -0.404 e. The fourth-order valence-electron chi connectivity index (χ4n) is 5.87. The molecule has 2 N–H and O–H groups in total. The Morgan fingerprint density at radius 1 is 1.11 bits per heavy atom. The first-order chi connectivity index (χ1) is 16.9. The summed E-state index contributed by atoms with van der Waals surface area (Å²) in [6.07, 6.45) is 3.24. The minimum atomic E-state index is -0.654. The first kappa shape index (κ1) is 28.7. The lowest BCUT2D eigenvalue weighted by Gasteiger charge is -2.53. The van der Waals surface area contributed by atoms with Crippen LogP contribution in [-0.2, 0) is 25.3 Å². The van der Waals surface area contributed by atoms with E-state index < -0.39 is 18.8 Å². The number of carbonyl (C=O) groups is 2. The molecule has 0 unspecified atom stereocenters. The third kappa shape index (κ3) is 6.34. The number of hydrogen-bond acceptors (Lipinski definition) is 4. The Morgan fingerprint density at radius 3 is 2.39 bits per heavy atom. The first-order valence-electron chi connectivity index (χ1n) is 13.8. The second-order valence-corrected chi connectivity index (χ2v) is 12.3. The molecule has 200 valence electrons. The Balaban J connectivity index is 1.79. The van der Waals surface area contributed by atoms with E-state index in [1.165, 1.54) is 0 Å². The van der Waals surface area contributed by atoms with Crippen LogP contribution in [0, 0.1) is 23.2 Å². The molecule has 6 atom stereocenters. The van der Waals surface area contributed by atoms with Crippen LogP contribution in [-0.4, -0.2) is 42.6 Å². The molecule has 0 bridgehead atoms. The quantitative estimate of drug-likeness (QED) is 0.448. The number of carbonyl (C=O) groups excluding carboxylic acids is 2. The second kappa shape index (κ2) is 11.7. The number of nitrogens with one attached hydrogen (secondary N) is 2. The largest absolute Gasteiger partial charge is 0.481 e. The molecule has 2 aliphatic rings. The van der Waals surface area contributed by atoms with Gasteiger partial charge in [0.1, 0.15) is 6.04 Å². The van der Waals surface area contributed by atoms with Gasteiger partial charge < -0.3 is 19.9 Å². The van der Waals surface area contributed by atoms with Crippen LogP contribution in [0.25, 0.3) is 0 Å². The minimum absolute atomic E-state index is 0.00328. The first-order valence-corrected chi connectivity index (χ1v) is 13.8. The molecule has 36 heavy (non-hydrogen) atoms. The van der Waals surface area contributed by atoms with Gasteiger partial charge in [-0.25, -0.2) is 0 Å². The maximum atomic E-state index is 13.6. The second-order valence-electron chi connectivity index (χ2n) is 12.3. The van der Waals surface area contributed by atoms with Gasteiger partial charge in [0.05, 0.1) is 17.6 Å². The van der Waals surface area contributed by atoms with Gasteiger partial charge in [-0.1, -0.05) is 78.8 Å². The summed E-state index contributed by atoms with van der Waals surface area (Å²) in [5.74, 6) is 0.558. The molecular weight excluding hydrogens is 451 g/mol. The molecule has 1 aliphatic heterocycles. The summed E-state index contributed by atoms with van der Waals surface area (Å²) in [5.41, 5.74) is 0.733. The van der Waals surface area contributed by atoms with Crippen molar-refractivity contribution in [2.45, 2.75) is 111 Å². The smallest absolute Gasteiger partial charge is 0.404 e. The molecule has 0 radical (unpaired) electrons. The van der Waals surface area contributed by atoms with E-state index >= 15 is 0 Å². The molecule has 7 heteroatoms.